The molecule has 2 aliphatic rings. The fourth-order valence-corrected chi connectivity index (χ4v) is 5.33. The molecule has 6 heteroatoms. The third-order valence-electron chi connectivity index (χ3n) is 7.78. The van der Waals surface area contributed by atoms with Gasteiger partial charge in [0.2, 0.25) is 0 Å². The summed E-state index contributed by atoms with van der Waals surface area (Å²) < 4.78 is 11.4. The van der Waals surface area contributed by atoms with Gasteiger partial charge in [-0.3, -0.25) is 9.78 Å². The standard InChI is InChI=1S/C33H39N3O3/c1-23-4-6-26(7-5-23)32(28-12-16-36(3)17-13-28)27-10-8-25(9-11-27)24(2)35-33(37)29-20-31(22-34-21-29)39-30-14-18-38-19-15-30/h4-11,20-22,24,30H,12-19H2,1-3H3,(H,35,37)/t24-/m1/s1. The summed E-state index contributed by atoms with van der Waals surface area (Å²) in [4.78, 5) is 19.7. The molecule has 204 valence electrons. The number of hydrogen-bond acceptors (Lipinski definition) is 5. The summed E-state index contributed by atoms with van der Waals surface area (Å²) in [6.45, 7) is 7.72. The van der Waals surface area contributed by atoms with Crippen LogP contribution in [0.5, 0.6) is 5.75 Å². The van der Waals surface area contributed by atoms with E-state index in [1.54, 1.807) is 18.5 Å². The topological polar surface area (TPSA) is 63.7 Å². The van der Waals surface area contributed by atoms with E-state index in [1.165, 1.54) is 27.8 Å². The van der Waals surface area contributed by atoms with Crippen molar-refractivity contribution in [1.29, 1.82) is 0 Å². The van der Waals surface area contributed by atoms with Crippen LogP contribution < -0.4 is 10.1 Å². The van der Waals surface area contributed by atoms with Gasteiger partial charge < -0.3 is 19.7 Å². The highest BCUT2D eigenvalue weighted by molar-refractivity contribution is 5.94. The molecule has 3 aromatic rings. The number of ether oxygens (including phenoxy) is 2. The SMILES string of the molecule is Cc1ccc(C(=C2CCN(C)CC2)c2ccc([C@@H](C)NC(=O)c3cncc(OC4CCOCC4)c3)cc2)cc1. The van der Waals surface area contributed by atoms with Gasteiger partial charge in [-0.15, -0.1) is 0 Å². The van der Waals surface area contributed by atoms with Gasteiger partial charge in [-0.1, -0.05) is 59.7 Å². The number of pyridine rings is 1. The van der Waals surface area contributed by atoms with Gasteiger partial charge in [-0.25, -0.2) is 0 Å². The largest absolute Gasteiger partial charge is 0.489 e. The molecule has 0 bridgehead atoms. The van der Waals surface area contributed by atoms with E-state index >= 15 is 0 Å². The molecular formula is C33H39N3O3. The van der Waals surface area contributed by atoms with Crippen LogP contribution in [0.1, 0.15) is 71.3 Å². The van der Waals surface area contributed by atoms with E-state index in [2.05, 4.69) is 77.7 Å². The van der Waals surface area contributed by atoms with Crippen molar-refractivity contribution in [1.82, 2.24) is 15.2 Å². The van der Waals surface area contributed by atoms with Crippen LogP contribution >= 0.6 is 0 Å². The second-order valence-corrected chi connectivity index (χ2v) is 10.8. The van der Waals surface area contributed by atoms with Gasteiger partial charge in [0.25, 0.3) is 5.91 Å². The lowest BCUT2D eigenvalue weighted by atomic mass is 9.87. The molecule has 1 N–H and O–H groups in total. The third-order valence-corrected chi connectivity index (χ3v) is 7.78. The first-order chi connectivity index (χ1) is 19.0. The van der Waals surface area contributed by atoms with E-state index in [0.29, 0.717) is 24.5 Å². The van der Waals surface area contributed by atoms with Gasteiger partial charge in [-0.05, 0) is 62.1 Å². The number of hydrogen-bond donors (Lipinski definition) is 1. The minimum Gasteiger partial charge on any atom is -0.489 e. The van der Waals surface area contributed by atoms with Crippen molar-refractivity contribution < 1.29 is 14.3 Å². The summed E-state index contributed by atoms with van der Waals surface area (Å²) in [5, 5.41) is 3.13. The zero-order valence-corrected chi connectivity index (χ0v) is 23.3. The molecular weight excluding hydrogens is 486 g/mol. The average molecular weight is 526 g/mol. The van der Waals surface area contributed by atoms with Gasteiger partial charge in [0.1, 0.15) is 11.9 Å². The van der Waals surface area contributed by atoms with E-state index in [9.17, 15) is 4.79 Å². The van der Waals surface area contributed by atoms with Crippen LogP contribution in [0, 0.1) is 6.92 Å². The molecule has 0 spiro atoms. The molecule has 0 aliphatic carbocycles. The molecule has 2 saturated heterocycles. The first-order valence-electron chi connectivity index (χ1n) is 14.0. The molecule has 5 rings (SSSR count). The summed E-state index contributed by atoms with van der Waals surface area (Å²) in [5.74, 6) is 0.461. The van der Waals surface area contributed by atoms with Crippen molar-refractivity contribution in [3.8, 4) is 5.75 Å². The lowest BCUT2D eigenvalue weighted by Gasteiger charge is -2.27. The second-order valence-electron chi connectivity index (χ2n) is 10.8. The summed E-state index contributed by atoms with van der Waals surface area (Å²) in [6, 6.07) is 19.1. The highest BCUT2D eigenvalue weighted by atomic mass is 16.5. The molecule has 1 atom stereocenters. The van der Waals surface area contributed by atoms with Crippen LogP contribution in [-0.4, -0.2) is 55.2 Å². The number of piperidine rings is 1. The molecule has 3 heterocycles. The summed E-state index contributed by atoms with van der Waals surface area (Å²) in [5.41, 5.74) is 8.18. The molecule has 0 unspecified atom stereocenters. The number of nitrogens with one attached hydrogen (secondary N) is 1. The molecule has 2 aromatic carbocycles. The first kappa shape index (κ1) is 27.1. The average Bonchev–Trinajstić information content (AvgIpc) is 2.96. The second kappa shape index (κ2) is 12.6. The van der Waals surface area contributed by atoms with Gasteiger partial charge in [0.05, 0.1) is 31.0 Å². The van der Waals surface area contributed by atoms with Gasteiger partial charge in [-0.2, -0.15) is 0 Å². The zero-order valence-electron chi connectivity index (χ0n) is 23.3. The molecule has 0 radical (unpaired) electrons. The maximum Gasteiger partial charge on any atom is 0.253 e. The van der Waals surface area contributed by atoms with Crippen molar-refractivity contribution in [2.24, 2.45) is 0 Å². The fourth-order valence-electron chi connectivity index (χ4n) is 5.33. The van der Waals surface area contributed by atoms with Gasteiger partial charge in [0, 0.05) is 32.1 Å². The molecule has 2 fully saturated rings. The normalized spacial score (nSPS) is 17.5. The Labute approximate surface area is 232 Å². The molecule has 1 aromatic heterocycles. The summed E-state index contributed by atoms with van der Waals surface area (Å²) >= 11 is 0. The van der Waals surface area contributed by atoms with Crippen LogP contribution in [0.4, 0.5) is 0 Å². The maximum absolute atomic E-state index is 13.1. The van der Waals surface area contributed by atoms with Gasteiger partial charge >= 0.3 is 0 Å². The lowest BCUT2D eigenvalue weighted by molar-refractivity contribution is 0.0254. The van der Waals surface area contributed by atoms with E-state index < -0.39 is 0 Å². The van der Waals surface area contributed by atoms with E-state index in [-0.39, 0.29) is 18.1 Å². The fraction of sp³-hybridized carbons (Fsp3) is 0.394. The van der Waals surface area contributed by atoms with E-state index in [1.807, 2.05) is 6.92 Å². The Balaban J connectivity index is 1.29. The van der Waals surface area contributed by atoms with Crippen molar-refractivity contribution in [2.45, 2.75) is 51.7 Å². The molecule has 6 nitrogen and oxygen atoms in total. The Hall–Kier alpha value is -3.48. The highest BCUT2D eigenvalue weighted by Crippen LogP contribution is 2.33. The minimum absolute atomic E-state index is 0.102. The number of nitrogens with zero attached hydrogens (tertiary/aromatic N) is 2. The molecule has 1 amide bonds. The predicted octanol–water partition coefficient (Wildman–Crippen LogP) is 5.97. The van der Waals surface area contributed by atoms with E-state index in [0.717, 1.165) is 44.3 Å². The summed E-state index contributed by atoms with van der Waals surface area (Å²) in [6.07, 6.45) is 7.22. The first-order valence-corrected chi connectivity index (χ1v) is 14.0. The Morgan fingerprint density at radius 2 is 1.62 bits per heavy atom. The van der Waals surface area contributed by atoms with Crippen molar-refractivity contribution in [3.63, 3.8) is 0 Å². The van der Waals surface area contributed by atoms with Gasteiger partial charge in [0.15, 0.2) is 0 Å². The van der Waals surface area contributed by atoms with Crippen LogP contribution in [0.15, 0.2) is 72.6 Å². The number of benzene rings is 2. The predicted molar refractivity (Wildman–Crippen MR) is 155 cm³/mol. The number of rotatable bonds is 7. The Kier molecular flexibility index (Phi) is 8.74. The van der Waals surface area contributed by atoms with Crippen molar-refractivity contribution in [2.75, 3.05) is 33.4 Å². The van der Waals surface area contributed by atoms with E-state index in [4.69, 9.17) is 9.47 Å². The molecule has 39 heavy (non-hydrogen) atoms. The van der Waals surface area contributed by atoms with Crippen LogP contribution in [0.2, 0.25) is 0 Å². The number of amides is 1. The third kappa shape index (κ3) is 6.94. The molecule has 2 aliphatic heterocycles. The Morgan fingerprint density at radius 3 is 2.28 bits per heavy atom. The van der Waals surface area contributed by atoms with Crippen molar-refractivity contribution >= 4 is 11.5 Å². The van der Waals surface area contributed by atoms with Crippen molar-refractivity contribution in [3.05, 3.63) is 100 Å². The zero-order chi connectivity index (χ0) is 27.2. The smallest absolute Gasteiger partial charge is 0.253 e. The van der Waals surface area contributed by atoms with Crippen LogP contribution in [-0.2, 0) is 4.74 Å². The number of aryl methyl sites for hydroxylation is 1. The lowest BCUT2D eigenvalue weighted by Crippen LogP contribution is -2.28. The molecule has 0 saturated carbocycles. The number of carbonyl (C=O) groups is 1. The Morgan fingerprint density at radius 1 is 0.974 bits per heavy atom. The number of aromatic nitrogens is 1. The highest BCUT2D eigenvalue weighted by Gasteiger charge is 2.19. The monoisotopic (exact) mass is 525 g/mol. The van der Waals surface area contributed by atoms with Crippen LogP contribution in [0.25, 0.3) is 5.57 Å². The van der Waals surface area contributed by atoms with Crippen LogP contribution in [0.3, 0.4) is 0 Å². The Bertz CT molecular complexity index is 1280. The quantitative estimate of drug-likeness (QED) is 0.412. The summed E-state index contributed by atoms with van der Waals surface area (Å²) in [7, 11) is 2.19. The maximum atomic E-state index is 13.1. The number of carbonyl (C=O) groups excluding carboxylic acids is 1. The number of likely N-dealkylation sites (tertiary alicyclic amines) is 1. The minimum atomic E-state index is -0.162.